The third kappa shape index (κ3) is 8.97. The maximum absolute atomic E-state index is 12.3. The van der Waals surface area contributed by atoms with E-state index in [1.54, 1.807) is 0 Å². The molecule has 1 aliphatic heterocycles. The molecule has 0 saturated carbocycles. The van der Waals surface area contributed by atoms with Gasteiger partial charge in [0, 0.05) is 32.0 Å². The predicted molar refractivity (Wildman–Crippen MR) is 95.1 cm³/mol. The summed E-state index contributed by atoms with van der Waals surface area (Å²) in [6.07, 6.45) is 4.92. The first-order valence-corrected chi connectivity index (χ1v) is 9.03. The molecule has 0 radical (unpaired) electrons. The van der Waals surface area contributed by atoms with Crippen molar-refractivity contribution in [2.45, 2.75) is 86.1 Å². The van der Waals surface area contributed by atoms with Gasteiger partial charge in [-0.05, 0) is 36.5 Å². The highest BCUT2D eigenvalue weighted by molar-refractivity contribution is 5.77. The fourth-order valence-electron chi connectivity index (χ4n) is 2.75. The van der Waals surface area contributed by atoms with Gasteiger partial charge in [0.25, 0.3) is 0 Å². The highest BCUT2D eigenvalue weighted by atomic mass is 16.2. The van der Waals surface area contributed by atoms with E-state index in [1.165, 1.54) is 0 Å². The molecule has 1 heterocycles. The van der Waals surface area contributed by atoms with E-state index in [0.29, 0.717) is 19.4 Å². The Morgan fingerprint density at radius 2 is 1.57 bits per heavy atom. The van der Waals surface area contributed by atoms with Crippen molar-refractivity contribution in [3.05, 3.63) is 0 Å². The lowest BCUT2D eigenvalue weighted by molar-refractivity contribution is -0.134. The molecule has 0 bridgehead atoms. The zero-order valence-corrected chi connectivity index (χ0v) is 16.0. The van der Waals surface area contributed by atoms with Crippen molar-refractivity contribution in [2.75, 3.05) is 13.1 Å². The van der Waals surface area contributed by atoms with Crippen LogP contribution in [0.3, 0.4) is 0 Å². The topological polar surface area (TPSA) is 49.4 Å². The Labute approximate surface area is 142 Å². The second-order valence-electron chi connectivity index (χ2n) is 9.37. The van der Waals surface area contributed by atoms with Crippen molar-refractivity contribution in [1.29, 1.82) is 0 Å². The zero-order valence-electron chi connectivity index (χ0n) is 16.0. The number of nitrogens with zero attached hydrogens (tertiary/aromatic N) is 1. The van der Waals surface area contributed by atoms with Crippen molar-refractivity contribution >= 4 is 11.8 Å². The molecule has 2 amide bonds. The van der Waals surface area contributed by atoms with E-state index in [9.17, 15) is 9.59 Å². The van der Waals surface area contributed by atoms with E-state index < -0.39 is 0 Å². The van der Waals surface area contributed by atoms with Crippen LogP contribution in [0.15, 0.2) is 0 Å². The Hall–Kier alpha value is -1.06. The van der Waals surface area contributed by atoms with Crippen LogP contribution in [0.4, 0.5) is 0 Å². The molecule has 4 heteroatoms. The number of rotatable bonds is 5. The SMILES string of the molecule is CC(C)(C)CCC(=O)NC1CCCN(C(=O)CCC(C)(C)C)C1. The van der Waals surface area contributed by atoms with E-state index in [0.717, 1.165) is 32.2 Å². The maximum atomic E-state index is 12.3. The summed E-state index contributed by atoms with van der Waals surface area (Å²) in [4.78, 5) is 26.4. The molecule has 1 saturated heterocycles. The second-order valence-corrected chi connectivity index (χ2v) is 9.37. The van der Waals surface area contributed by atoms with Crippen LogP contribution in [0.2, 0.25) is 0 Å². The predicted octanol–water partition coefficient (Wildman–Crippen LogP) is 3.75. The summed E-state index contributed by atoms with van der Waals surface area (Å²) in [5.41, 5.74) is 0.366. The zero-order chi connectivity index (χ0) is 17.7. The molecule has 0 aromatic heterocycles. The van der Waals surface area contributed by atoms with Crippen LogP contribution in [-0.2, 0) is 9.59 Å². The van der Waals surface area contributed by atoms with Crippen LogP contribution in [-0.4, -0.2) is 35.8 Å². The van der Waals surface area contributed by atoms with Crippen LogP contribution < -0.4 is 5.32 Å². The Kier molecular flexibility index (Phi) is 7.09. The van der Waals surface area contributed by atoms with Crippen molar-refractivity contribution in [3.63, 3.8) is 0 Å². The molecule has 23 heavy (non-hydrogen) atoms. The Morgan fingerprint density at radius 1 is 1.00 bits per heavy atom. The molecule has 0 aromatic carbocycles. The summed E-state index contributed by atoms with van der Waals surface area (Å²) in [5, 5.41) is 3.12. The van der Waals surface area contributed by atoms with E-state index in [1.807, 2.05) is 4.90 Å². The van der Waals surface area contributed by atoms with Gasteiger partial charge in [-0.15, -0.1) is 0 Å². The number of likely N-dealkylation sites (tertiary alicyclic amines) is 1. The average molecular weight is 325 g/mol. The van der Waals surface area contributed by atoms with Crippen LogP contribution in [0.1, 0.15) is 80.1 Å². The van der Waals surface area contributed by atoms with E-state index in [2.05, 4.69) is 46.9 Å². The number of hydrogen-bond acceptors (Lipinski definition) is 2. The Balaban J connectivity index is 2.39. The van der Waals surface area contributed by atoms with E-state index >= 15 is 0 Å². The van der Waals surface area contributed by atoms with Gasteiger partial charge < -0.3 is 10.2 Å². The number of piperidine rings is 1. The van der Waals surface area contributed by atoms with Gasteiger partial charge >= 0.3 is 0 Å². The van der Waals surface area contributed by atoms with Gasteiger partial charge in [0.1, 0.15) is 0 Å². The lowest BCUT2D eigenvalue weighted by atomic mass is 9.90. The molecule has 0 aliphatic carbocycles. The lowest BCUT2D eigenvalue weighted by Crippen LogP contribution is -2.49. The van der Waals surface area contributed by atoms with Crippen molar-refractivity contribution < 1.29 is 9.59 Å². The lowest BCUT2D eigenvalue weighted by Gasteiger charge is -2.34. The van der Waals surface area contributed by atoms with E-state index in [4.69, 9.17) is 0 Å². The molecule has 0 spiro atoms. The van der Waals surface area contributed by atoms with Gasteiger partial charge in [0.05, 0.1) is 0 Å². The Morgan fingerprint density at radius 3 is 2.13 bits per heavy atom. The van der Waals surface area contributed by atoms with Gasteiger partial charge in [-0.2, -0.15) is 0 Å². The molecule has 4 nitrogen and oxygen atoms in total. The molecule has 0 aromatic rings. The quantitative estimate of drug-likeness (QED) is 0.837. The molecule has 1 aliphatic rings. The molecule has 1 atom stereocenters. The van der Waals surface area contributed by atoms with Crippen LogP contribution in [0, 0.1) is 10.8 Å². The van der Waals surface area contributed by atoms with Crippen LogP contribution in [0.5, 0.6) is 0 Å². The summed E-state index contributed by atoms with van der Waals surface area (Å²) in [7, 11) is 0. The van der Waals surface area contributed by atoms with Gasteiger partial charge in [-0.1, -0.05) is 41.5 Å². The molecular formula is C19H36N2O2. The summed E-state index contributed by atoms with van der Waals surface area (Å²) in [5.74, 6) is 0.350. The maximum Gasteiger partial charge on any atom is 0.222 e. The first-order valence-electron chi connectivity index (χ1n) is 9.03. The highest BCUT2D eigenvalue weighted by Gasteiger charge is 2.25. The normalized spacial score (nSPS) is 19.6. The van der Waals surface area contributed by atoms with Crippen molar-refractivity contribution in [1.82, 2.24) is 10.2 Å². The summed E-state index contributed by atoms with van der Waals surface area (Å²) in [6.45, 7) is 14.4. The molecule has 1 rings (SSSR count). The van der Waals surface area contributed by atoms with Crippen LogP contribution >= 0.6 is 0 Å². The standard InChI is InChI=1S/C19H36N2O2/c1-18(2,3)11-9-16(22)20-15-8-7-13-21(14-15)17(23)10-12-19(4,5)6/h15H,7-14H2,1-6H3,(H,20,22). The number of carbonyl (C=O) groups excluding carboxylic acids is 2. The first-order chi connectivity index (χ1) is 10.5. The van der Waals surface area contributed by atoms with Gasteiger partial charge in [0.2, 0.25) is 11.8 Å². The van der Waals surface area contributed by atoms with E-state index in [-0.39, 0.29) is 28.7 Å². The minimum atomic E-state index is 0.119. The van der Waals surface area contributed by atoms with Crippen LogP contribution in [0.25, 0.3) is 0 Å². The third-order valence-corrected chi connectivity index (χ3v) is 4.33. The third-order valence-electron chi connectivity index (χ3n) is 4.33. The second kappa shape index (κ2) is 8.16. The molecule has 1 N–H and O–H groups in total. The number of carbonyl (C=O) groups is 2. The van der Waals surface area contributed by atoms with Crippen molar-refractivity contribution in [2.24, 2.45) is 10.8 Å². The minimum Gasteiger partial charge on any atom is -0.352 e. The molecule has 134 valence electrons. The minimum absolute atomic E-state index is 0.119. The largest absolute Gasteiger partial charge is 0.352 e. The molecule has 1 unspecified atom stereocenters. The fourth-order valence-corrected chi connectivity index (χ4v) is 2.75. The smallest absolute Gasteiger partial charge is 0.222 e. The first kappa shape index (κ1) is 20.0. The van der Waals surface area contributed by atoms with Crippen molar-refractivity contribution in [3.8, 4) is 0 Å². The fraction of sp³-hybridized carbons (Fsp3) is 0.895. The van der Waals surface area contributed by atoms with Gasteiger partial charge in [-0.3, -0.25) is 9.59 Å². The number of amides is 2. The van der Waals surface area contributed by atoms with Gasteiger partial charge in [-0.25, -0.2) is 0 Å². The summed E-state index contributed by atoms with van der Waals surface area (Å²) >= 11 is 0. The monoisotopic (exact) mass is 324 g/mol. The highest BCUT2D eigenvalue weighted by Crippen LogP contribution is 2.23. The summed E-state index contributed by atoms with van der Waals surface area (Å²) in [6, 6.07) is 0.120. The number of nitrogens with one attached hydrogen (secondary N) is 1. The van der Waals surface area contributed by atoms with Gasteiger partial charge in [0.15, 0.2) is 0 Å². The molecular weight excluding hydrogens is 288 g/mol. The summed E-state index contributed by atoms with van der Waals surface area (Å²) < 4.78 is 0. The average Bonchev–Trinajstić information content (AvgIpc) is 2.41. The molecule has 1 fully saturated rings. The number of hydrogen-bond donors (Lipinski definition) is 1. The Bertz CT molecular complexity index is 405.